The first-order valence-corrected chi connectivity index (χ1v) is 6.91. The molecular formula is C15H22N2O2. The molecule has 0 saturated carbocycles. The molecule has 1 aliphatic heterocycles. The fourth-order valence-corrected chi connectivity index (χ4v) is 2.88. The van der Waals surface area contributed by atoms with Gasteiger partial charge in [-0.05, 0) is 32.3 Å². The van der Waals surface area contributed by atoms with Gasteiger partial charge in [0.1, 0.15) is 5.75 Å². The highest BCUT2D eigenvalue weighted by Gasteiger charge is 2.30. The van der Waals surface area contributed by atoms with Gasteiger partial charge in [-0.1, -0.05) is 18.2 Å². The number of carbonyl (C=O) groups is 1. The van der Waals surface area contributed by atoms with Crippen LogP contribution in [0.1, 0.15) is 31.7 Å². The molecule has 104 valence electrons. The van der Waals surface area contributed by atoms with Gasteiger partial charge in [-0.2, -0.15) is 0 Å². The van der Waals surface area contributed by atoms with Gasteiger partial charge in [0.2, 0.25) is 5.91 Å². The zero-order valence-corrected chi connectivity index (χ0v) is 11.4. The minimum Gasteiger partial charge on any atom is -0.508 e. The fourth-order valence-electron chi connectivity index (χ4n) is 2.88. The lowest BCUT2D eigenvalue weighted by Gasteiger charge is -2.40. The standard InChI is InChI=1S/C15H22N2O2/c1-11-5-4-7-13(10-16)17(11)15(19)9-12-6-2-3-8-14(12)18/h2-3,6,8,11,13,18H,4-5,7,9-10,16H2,1H3. The summed E-state index contributed by atoms with van der Waals surface area (Å²) in [5.74, 6) is 0.244. The molecule has 0 radical (unpaired) electrons. The molecule has 1 heterocycles. The Labute approximate surface area is 114 Å². The molecule has 0 bridgehead atoms. The zero-order chi connectivity index (χ0) is 13.8. The molecule has 0 aromatic heterocycles. The van der Waals surface area contributed by atoms with Crippen LogP contribution in [0, 0.1) is 0 Å². The van der Waals surface area contributed by atoms with Crippen LogP contribution in [0.4, 0.5) is 0 Å². The number of piperidine rings is 1. The van der Waals surface area contributed by atoms with Gasteiger partial charge in [0, 0.05) is 24.2 Å². The summed E-state index contributed by atoms with van der Waals surface area (Å²) in [6.07, 6.45) is 3.38. The van der Waals surface area contributed by atoms with Gasteiger partial charge in [-0.3, -0.25) is 4.79 Å². The molecule has 1 aromatic rings. The molecule has 1 saturated heterocycles. The van der Waals surface area contributed by atoms with Crippen molar-refractivity contribution in [1.29, 1.82) is 0 Å². The number of benzene rings is 1. The summed E-state index contributed by atoms with van der Waals surface area (Å²) in [5.41, 5.74) is 6.46. The first-order valence-electron chi connectivity index (χ1n) is 6.91. The molecule has 1 fully saturated rings. The van der Waals surface area contributed by atoms with Crippen LogP contribution in [0.5, 0.6) is 5.75 Å². The summed E-state index contributed by atoms with van der Waals surface area (Å²) in [5, 5.41) is 9.75. The fraction of sp³-hybridized carbons (Fsp3) is 0.533. The van der Waals surface area contributed by atoms with Crippen molar-refractivity contribution in [2.24, 2.45) is 5.73 Å². The van der Waals surface area contributed by atoms with Crippen molar-refractivity contribution in [2.45, 2.75) is 44.7 Å². The normalized spacial score (nSPS) is 23.4. The largest absolute Gasteiger partial charge is 0.508 e. The summed E-state index contributed by atoms with van der Waals surface area (Å²) in [6.45, 7) is 2.58. The molecule has 2 atom stereocenters. The number of likely N-dealkylation sites (tertiary alicyclic amines) is 1. The summed E-state index contributed by atoms with van der Waals surface area (Å²) in [7, 11) is 0. The summed E-state index contributed by atoms with van der Waals surface area (Å²) >= 11 is 0. The average Bonchev–Trinajstić information content (AvgIpc) is 2.40. The second kappa shape index (κ2) is 6.06. The van der Waals surface area contributed by atoms with Crippen molar-refractivity contribution >= 4 is 5.91 Å². The van der Waals surface area contributed by atoms with Crippen molar-refractivity contribution in [2.75, 3.05) is 6.54 Å². The Morgan fingerprint density at radius 2 is 2.16 bits per heavy atom. The van der Waals surface area contributed by atoms with Gasteiger partial charge in [0.05, 0.1) is 6.42 Å². The summed E-state index contributed by atoms with van der Waals surface area (Å²) in [4.78, 5) is 14.4. The topological polar surface area (TPSA) is 66.6 Å². The number of nitrogens with zero attached hydrogens (tertiary/aromatic N) is 1. The van der Waals surface area contributed by atoms with Gasteiger partial charge in [-0.25, -0.2) is 0 Å². The van der Waals surface area contributed by atoms with E-state index in [4.69, 9.17) is 5.73 Å². The second-order valence-electron chi connectivity index (χ2n) is 5.28. The van der Waals surface area contributed by atoms with Gasteiger partial charge in [-0.15, -0.1) is 0 Å². The molecule has 1 aromatic carbocycles. The Hall–Kier alpha value is -1.55. The van der Waals surface area contributed by atoms with E-state index in [0.29, 0.717) is 12.1 Å². The molecule has 2 unspecified atom stereocenters. The molecular weight excluding hydrogens is 240 g/mol. The van der Waals surface area contributed by atoms with Crippen molar-refractivity contribution in [3.05, 3.63) is 29.8 Å². The van der Waals surface area contributed by atoms with E-state index in [2.05, 4.69) is 6.92 Å². The van der Waals surface area contributed by atoms with E-state index >= 15 is 0 Å². The summed E-state index contributed by atoms with van der Waals surface area (Å²) < 4.78 is 0. The number of para-hydroxylation sites is 1. The summed E-state index contributed by atoms with van der Waals surface area (Å²) in [6, 6.07) is 7.38. The molecule has 1 amide bonds. The first-order chi connectivity index (χ1) is 9.13. The minimum absolute atomic E-state index is 0.0594. The van der Waals surface area contributed by atoms with Crippen molar-refractivity contribution < 1.29 is 9.90 Å². The average molecular weight is 262 g/mol. The molecule has 0 aliphatic carbocycles. The van der Waals surface area contributed by atoms with Crippen molar-refractivity contribution in [3.63, 3.8) is 0 Å². The van der Waals surface area contributed by atoms with Crippen LogP contribution in [0.25, 0.3) is 0 Å². The van der Waals surface area contributed by atoms with Gasteiger partial charge < -0.3 is 15.7 Å². The highest BCUT2D eigenvalue weighted by Crippen LogP contribution is 2.24. The molecule has 19 heavy (non-hydrogen) atoms. The number of rotatable bonds is 3. The van der Waals surface area contributed by atoms with Crippen LogP contribution in [-0.2, 0) is 11.2 Å². The van der Waals surface area contributed by atoms with E-state index in [-0.39, 0.29) is 30.2 Å². The van der Waals surface area contributed by atoms with E-state index < -0.39 is 0 Å². The molecule has 1 aliphatic rings. The van der Waals surface area contributed by atoms with Crippen LogP contribution in [-0.4, -0.2) is 34.5 Å². The predicted molar refractivity (Wildman–Crippen MR) is 74.8 cm³/mol. The lowest BCUT2D eigenvalue weighted by molar-refractivity contribution is -0.136. The Kier molecular flexibility index (Phi) is 4.43. The number of phenols is 1. The third kappa shape index (κ3) is 3.07. The molecule has 3 N–H and O–H groups in total. The molecule has 4 nitrogen and oxygen atoms in total. The van der Waals surface area contributed by atoms with Gasteiger partial charge >= 0.3 is 0 Å². The lowest BCUT2D eigenvalue weighted by atomic mass is 9.95. The highest BCUT2D eigenvalue weighted by atomic mass is 16.3. The van der Waals surface area contributed by atoms with E-state index in [1.807, 2.05) is 11.0 Å². The first kappa shape index (κ1) is 13.9. The predicted octanol–water partition coefficient (Wildman–Crippen LogP) is 1.66. The van der Waals surface area contributed by atoms with E-state index in [1.54, 1.807) is 18.2 Å². The van der Waals surface area contributed by atoms with Crippen LogP contribution in [0.3, 0.4) is 0 Å². The Bertz CT molecular complexity index is 448. The third-order valence-electron chi connectivity index (χ3n) is 3.92. The molecule has 0 spiro atoms. The van der Waals surface area contributed by atoms with Crippen LogP contribution in [0.2, 0.25) is 0 Å². The zero-order valence-electron chi connectivity index (χ0n) is 11.4. The molecule has 4 heteroatoms. The lowest BCUT2D eigenvalue weighted by Crippen LogP contribution is -2.52. The van der Waals surface area contributed by atoms with Crippen LogP contribution >= 0.6 is 0 Å². The number of amides is 1. The highest BCUT2D eigenvalue weighted by molar-refractivity contribution is 5.80. The maximum absolute atomic E-state index is 12.5. The Morgan fingerprint density at radius 3 is 2.84 bits per heavy atom. The van der Waals surface area contributed by atoms with Crippen LogP contribution < -0.4 is 5.73 Å². The quantitative estimate of drug-likeness (QED) is 0.870. The number of phenolic OH excluding ortho intramolecular Hbond substituents is 1. The minimum atomic E-state index is 0.0594. The number of hydrogen-bond donors (Lipinski definition) is 2. The molecule has 2 rings (SSSR count). The number of nitrogens with two attached hydrogens (primary N) is 1. The number of carbonyl (C=O) groups excluding carboxylic acids is 1. The monoisotopic (exact) mass is 262 g/mol. The number of aromatic hydroxyl groups is 1. The van der Waals surface area contributed by atoms with Gasteiger partial charge in [0.15, 0.2) is 0 Å². The maximum Gasteiger partial charge on any atom is 0.227 e. The SMILES string of the molecule is CC1CCCC(CN)N1C(=O)Cc1ccccc1O. The van der Waals surface area contributed by atoms with Crippen LogP contribution in [0.15, 0.2) is 24.3 Å². The van der Waals surface area contributed by atoms with E-state index in [9.17, 15) is 9.90 Å². The Morgan fingerprint density at radius 1 is 1.42 bits per heavy atom. The maximum atomic E-state index is 12.5. The van der Waals surface area contributed by atoms with Gasteiger partial charge in [0.25, 0.3) is 0 Å². The van der Waals surface area contributed by atoms with E-state index in [1.165, 1.54) is 0 Å². The second-order valence-corrected chi connectivity index (χ2v) is 5.28. The smallest absolute Gasteiger partial charge is 0.227 e. The Balaban J connectivity index is 2.11. The van der Waals surface area contributed by atoms with Crippen molar-refractivity contribution in [3.8, 4) is 5.75 Å². The van der Waals surface area contributed by atoms with E-state index in [0.717, 1.165) is 19.3 Å². The third-order valence-corrected chi connectivity index (χ3v) is 3.92. The number of hydrogen-bond acceptors (Lipinski definition) is 3. The van der Waals surface area contributed by atoms with Crippen molar-refractivity contribution in [1.82, 2.24) is 4.90 Å².